The largest absolute Gasteiger partial charge is 0.468 e. The van der Waals surface area contributed by atoms with Crippen LogP contribution < -0.4 is 0 Å². The predicted molar refractivity (Wildman–Crippen MR) is 42.4 cm³/mol. The molecule has 0 aromatic carbocycles. The van der Waals surface area contributed by atoms with Crippen LogP contribution in [0.15, 0.2) is 6.08 Å². The van der Waals surface area contributed by atoms with E-state index < -0.39 is 17.9 Å². The molecule has 0 saturated carbocycles. The van der Waals surface area contributed by atoms with E-state index in [1.165, 1.54) is 5.94 Å². The molecule has 0 N–H and O–H groups in total. The van der Waals surface area contributed by atoms with Gasteiger partial charge in [0.15, 0.2) is 5.92 Å². The number of methoxy groups -OCH3 is 2. The van der Waals surface area contributed by atoms with Crippen LogP contribution in [0.5, 0.6) is 0 Å². The number of esters is 2. The van der Waals surface area contributed by atoms with E-state index in [2.05, 4.69) is 9.47 Å². The van der Waals surface area contributed by atoms with Gasteiger partial charge < -0.3 is 9.47 Å². The van der Waals surface area contributed by atoms with Gasteiger partial charge in [0.05, 0.1) is 14.2 Å². The van der Waals surface area contributed by atoms with Gasteiger partial charge in [0.2, 0.25) is 0 Å². The van der Waals surface area contributed by atoms with Crippen molar-refractivity contribution in [2.24, 2.45) is 5.92 Å². The summed E-state index contributed by atoms with van der Waals surface area (Å²) in [4.78, 5) is 31.7. The second-order valence-electron chi connectivity index (χ2n) is 2.16. The average molecular weight is 186 g/mol. The minimum Gasteiger partial charge on any atom is -0.468 e. The third-order valence-electron chi connectivity index (χ3n) is 1.41. The summed E-state index contributed by atoms with van der Waals surface area (Å²) in [7, 11) is 2.31. The molecule has 0 heterocycles. The standard InChI is InChI=1S/C8H10O5/c1-12-7(10)6(4-3-5-9)8(11)13-2/h3,6H,4H2,1-2H3. The first-order valence-electron chi connectivity index (χ1n) is 3.52. The fourth-order valence-electron chi connectivity index (χ4n) is 0.739. The highest BCUT2D eigenvalue weighted by molar-refractivity contribution is 5.95. The Morgan fingerprint density at radius 1 is 1.31 bits per heavy atom. The van der Waals surface area contributed by atoms with Crippen molar-refractivity contribution in [2.75, 3.05) is 14.2 Å². The summed E-state index contributed by atoms with van der Waals surface area (Å²) in [6.07, 6.45) is 0.987. The first-order chi connectivity index (χ1) is 6.17. The lowest BCUT2D eigenvalue weighted by atomic mass is 10.1. The van der Waals surface area contributed by atoms with E-state index in [4.69, 9.17) is 0 Å². The Kier molecular flexibility index (Phi) is 5.23. The normalized spacial score (nSPS) is 8.85. The molecule has 0 aromatic heterocycles. The number of ether oxygens (including phenoxy) is 2. The molecule has 0 aliphatic heterocycles. The van der Waals surface area contributed by atoms with Gasteiger partial charge in [-0.3, -0.25) is 9.59 Å². The van der Waals surface area contributed by atoms with Gasteiger partial charge in [0.25, 0.3) is 0 Å². The van der Waals surface area contributed by atoms with Crippen LogP contribution in [-0.2, 0) is 23.9 Å². The van der Waals surface area contributed by atoms with Gasteiger partial charge in [-0.15, -0.1) is 0 Å². The highest BCUT2D eigenvalue weighted by atomic mass is 16.5. The molecule has 0 aliphatic rings. The molecule has 0 saturated heterocycles. The number of allylic oxidation sites excluding steroid dienone is 1. The molecule has 0 rings (SSSR count). The van der Waals surface area contributed by atoms with Crippen LogP contribution in [0.1, 0.15) is 6.42 Å². The highest BCUT2D eigenvalue weighted by Gasteiger charge is 2.27. The topological polar surface area (TPSA) is 69.7 Å². The minimum absolute atomic E-state index is 0.0527. The van der Waals surface area contributed by atoms with Crippen LogP contribution in [0.4, 0.5) is 0 Å². The average Bonchev–Trinajstić information content (AvgIpc) is 2.17. The third kappa shape index (κ3) is 3.53. The molecule has 0 bridgehead atoms. The van der Waals surface area contributed by atoms with E-state index in [1.54, 1.807) is 0 Å². The molecule has 5 heteroatoms. The van der Waals surface area contributed by atoms with Crippen LogP contribution in [0.25, 0.3) is 0 Å². The summed E-state index contributed by atoms with van der Waals surface area (Å²) < 4.78 is 8.69. The zero-order valence-electron chi connectivity index (χ0n) is 7.40. The van der Waals surface area contributed by atoms with Gasteiger partial charge >= 0.3 is 11.9 Å². The molecule has 0 spiro atoms. The second kappa shape index (κ2) is 5.97. The summed E-state index contributed by atoms with van der Waals surface area (Å²) in [5.74, 6) is -1.05. The van der Waals surface area contributed by atoms with Crippen molar-refractivity contribution < 1.29 is 23.9 Å². The highest BCUT2D eigenvalue weighted by Crippen LogP contribution is 2.07. The van der Waals surface area contributed by atoms with Gasteiger partial charge in [-0.2, -0.15) is 0 Å². The van der Waals surface area contributed by atoms with Crippen molar-refractivity contribution >= 4 is 17.9 Å². The van der Waals surface area contributed by atoms with Gasteiger partial charge in [0.1, 0.15) is 5.94 Å². The molecule has 0 aromatic rings. The Bertz CT molecular complexity index is 223. The predicted octanol–water partition coefficient (Wildman–Crippen LogP) is -0.274. The van der Waals surface area contributed by atoms with Crippen molar-refractivity contribution in [3.05, 3.63) is 6.08 Å². The summed E-state index contributed by atoms with van der Waals surface area (Å²) in [5, 5.41) is 0. The molecular weight excluding hydrogens is 176 g/mol. The maximum absolute atomic E-state index is 10.9. The molecule has 0 aliphatic carbocycles. The Labute approximate surface area is 75.3 Å². The zero-order valence-corrected chi connectivity index (χ0v) is 7.40. The zero-order chi connectivity index (χ0) is 10.3. The summed E-state index contributed by atoms with van der Waals surface area (Å²) in [6.45, 7) is 0. The first-order valence-corrected chi connectivity index (χ1v) is 3.52. The Balaban J connectivity index is 4.44. The van der Waals surface area contributed by atoms with Crippen LogP contribution in [-0.4, -0.2) is 32.1 Å². The van der Waals surface area contributed by atoms with E-state index in [0.29, 0.717) is 0 Å². The molecule has 0 atom stereocenters. The molecule has 72 valence electrons. The summed E-state index contributed by atoms with van der Waals surface area (Å²) >= 11 is 0. The third-order valence-corrected chi connectivity index (χ3v) is 1.41. The molecule has 0 fully saturated rings. The maximum atomic E-state index is 10.9. The lowest BCUT2D eigenvalue weighted by Gasteiger charge is -2.08. The van der Waals surface area contributed by atoms with Crippen molar-refractivity contribution in [2.45, 2.75) is 6.42 Å². The smallest absolute Gasteiger partial charge is 0.320 e. The SMILES string of the molecule is COC(=O)C(CC=C=O)C(=O)OC. The van der Waals surface area contributed by atoms with Gasteiger partial charge in [0, 0.05) is 12.5 Å². The van der Waals surface area contributed by atoms with Gasteiger partial charge in [-0.05, 0) is 0 Å². The van der Waals surface area contributed by atoms with Crippen LogP contribution in [0.2, 0.25) is 0 Å². The fourth-order valence-corrected chi connectivity index (χ4v) is 0.739. The number of hydrogen-bond donors (Lipinski definition) is 0. The molecular formula is C8H10O5. The Morgan fingerprint density at radius 2 is 1.77 bits per heavy atom. The van der Waals surface area contributed by atoms with E-state index in [9.17, 15) is 14.4 Å². The van der Waals surface area contributed by atoms with Crippen molar-refractivity contribution in [1.82, 2.24) is 0 Å². The minimum atomic E-state index is -1.07. The molecule has 0 radical (unpaired) electrons. The van der Waals surface area contributed by atoms with Crippen molar-refractivity contribution in [1.29, 1.82) is 0 Å². The monoisotopic (exact) mass is 186 g/mol. The van der Waals surface area contributed by atoms with Gasteiger partial charge in [-0.1, -0.05) is 0 Å². The van der Waals surface area contributed by atoms with Crippen molar-refractivity contribution in [3.63, 3.8) is 0 Å². The Morgan fingerprint density at radius 3 is 2.08 bits per heavy atom. The van der Waals surface area contributed by atoms with E-state index in [1.807, 2.05) is 0 Å². The summed E-state index contributed by atoms with van der Waals surface area (Å²) in [5.41, 5.74) is 0. The quantitative estimate of drug-likeness (QED) is 0.343. The van der Waals surface area contributed by atoms with E-state index in [-0.39, 0.29) is 6.42 Å². The van der Waals surface area contributed by atoms with E-state index >= 15 is 0 Å². The Hall–Kier alpha value is -1.61. The number of carbonyl (C=O) groups excluding carboxylic acids is 3. The first kappa shape index (κ1) is 11.4. The van der Waals surface area contributed by atoms with Crippen LogP contribution >= 0.6 is 0 Å². The molecule has 0 unspecified atom stereocenters. The van der Waals surface area contributed by atoms with Crippen molar-refractivity contribution in [3.8, 4) is 0 Å². The van der Waals surface area contributed by atoms with Crippen LogP contribution in [0.3, 0.4) is 0 Å². The lowest BCUT2D eigenvalue weighted by molar-refractivity contribution is -0.158. The van der Waals surface area contributed by atoms with E-state index in [0.717, 1.165) is 20.3 Å². The molecule has 5 nitrogen and oxygen atoms in total. The second-order valence-corrected chi connectivity index (χ2v) is 2.16. The number of carbonyl (C=O) groups is 2. The number of rotatable bonds is 4. The van der Waals surface area contributed by atoms with Crippen LogP contribution in [0, 0.1) is 5.92 Å². The lowest BCUT2D eigenvalue weighted by Crippen LogP contribution is -2.25. The number of hydrogen-bond acceptors (Lipinski definition) is 5. The maximum Gasteiger partial charge on any atom is 0.320 e. The summed E-state index contributed by atoms with van der Waals surface area (Å²) in [6, 6.07) is 0. The molecule has 13 heavy (non-hydrogen) atoms. The fraction of sp³-hybridized carbons (Fsp3) is 0.500. The molecule has 0 amide bonds. The van der Waals surface area contributed by atoms with Gasteiger partial charge in [-0.25, -0.2) is 4.79 Å².